The molecule has 0 aromatic carbocycles. The van der Waals surface area contributed by atoms with Gasteiger partial charge < -0.3 is 20.3 Å². The van der Waals surface area contributed by atoms with Crippen molar-refractivity contribution in [2.75, 3.05) is 31.3 Å². The zero-order valence-corrected chi connectivity index (χ0v) is 14.8. The van der Waals surface area contributed by atoms with E-state index in [4.69, 9.17) is 4.74 Å². The largest absolute Gasteiger partial charge is 0.460 e. The monoisotopic (exact) mass is 355 g/mol. The second-order valence-electron chi connectivity index (χ2n) is 6.75. The first kappa shape index (κ1) is 17.5. The summed E-state index contributed by atoms with van der Waals surface area (Å²) in [6, 6.07) is -0.413. The molecule has 24 heavy (non-hydrogen) atoms. The molecule has 1 unspecified atom stereocenters. The summed E-state index contributed by atoms with van der Waals surface area (Å²) >= 11 is 1.59. The molecule has 3 rings (SSSR count). The number of piperidine rings is 1. The Morgan fingerprint density at radius 3 is 2.88 bits per heavy atom. The number of nitrogens with one attached hydrogen (secondary N) is 2. The lowest BCUT2D eigenvalue weighted by atomic mass is 9.73. The number of carbonyl (C=O) groups is 3. The molecule has 3 aliphatic heterocycles. The van der Waals surface area contributed by atoms with Gasteiger partial charge in [-0.1, -0.05) is 6.92 Å². The zero-order valence-electron chi connectivity index (χ0n) is 14.0. The number of hydrogen-bond acceptors (Lipinski definition) is 6. The van der Waals surface area contributed by atoms with Crippen LogP contribution in [0.4, 0.5) is 0 Å². The number of rotatable bonds is 4. The van der Waals surface area contributed by atoms with Gasteiger partial charge in [-0.05, 0) is 25.9 Å². The predicted octanol–water partition coefficient (Wildman–Crippen LogP) is 0.0994. The van der Waals surface area contributed by atoms with Crippen LogP contribution in [0.1, 0.15) is 32.6 Å². The summed E-state index contributed by atoms with van der Waals surface area (Å²) in [6.45, 7) is 3.89. The highest BCUT2D eigenvalue weighted by molar-refractivity contribution is 7.99. The minimum Gasteiger partial charge on any atom is -0.460 e. The van der Waals surface area contributed by atoms with Crippen LogP contribution in [0.2, 0.25) is 0 Å². The number of cyclic esters (lactones) is 1. The van der Waals surface area contributed by atoms with Gasteiger partial charge in [-0.15, -0.1) is 11.8 Å². The van der Waals surface area contributed by atoms with Gasteiger partial charge in [0, 0.05) is 17.6 Å². The summed E-state index contributed by atoms with van der Waals surface area (Å²) in [4.78, 5) is 37.9. The maximum Gasteiger partial charge on any atom is 0.306 e. The molecule has 0 aromatic heterocycles. The van der Waals surface area contributed by atoms with Crippen LogP contribution in [0.25, 0.3) is 0 Å². The fourth-order valence-electron chi connectivity index (χ4n) is 3.83. The summed E-state index contributed by atoms with van der Waals surface area (Å²) < 4.78 is 5.50. The van der Waals surface area contributed by atoms with Crippen molar-refractivity contribution in [1.82, 2.24) is 15.5 Å². The molecule has 1 spiro atoms. The highest BCUT2D eigenvalue weighted by atomic mass is 32.2. The second-order valence-corrected chi connectivity index (χ2v) is 7.75. The minimum absolute atomic E-state index is 0.00210. The average molecular weight is 355 g/mol. The molecule has 3 aliphatic rings. The number of carbonyl (C=O) groups excluding carboxylic acids is 3. The fraction of sp³-hybridized carbons (Fsp3) is 0.812. The molecule has 3 heterocycles. The molecule has 0 bridgehead atoms. The summed E-state index contributed by atoms with van der Waals surface area (Å²) in [5, 5.41) is 6.23. The molecular formula is C16H25N3O4S. The zero-order chi connectivity index (χ0) is 17.2. The molecule has 0 aromatic rings. The third-order valence-corrected chi connectivity index (χ3v) is 6.33. The van der Waals surface area contributed by atoms with E-state index in [2.05, 4.69) is 10.6 Å². The van der Waals surface area contributed by atoms with E-state index in [1.165, 1.54) is 0 Å². The van der Waals surface area contributed by atoms with Crippen LogP contribution in [0.3, 0.4) is 0 Å². The minimum atomic E-state index is -0.413. The van der Waals surface area contributed by atoms with Crippen LogP contribution in [-0.2, 0) is 19.1 Å². The van der Waals surface area contributed by atoms with Crippen LogP contribution in [0, 0.1) is 5.41 Å². The third kappa shape index (κ3) is 3.39. The highest BCUT2D eigenvalue weighted by Gasteiger charge is 2.49. The van der Waals surface area contributed by atoms with Crippen molar-refractivity contribution in [3.05, 3.63) is 0 Å². The smallest absolute Gasteiger partial charge is 0.306 e. The van der Waals surface area contributed by atoms with Gasteiger partial charge in [-0.2, -0.15) is 0 Å². The molecule has 7 nitrogen and oxygen atoms in total. The van der Waals surface area contributed by atoms with Crippen LogP contribution in [-0.4, -0.2) is 66.1 Å². The van der Waals surface area contributed by atoms with Crippen molar-refractivity contribution in [3.8, 4) is 0 Å². The number of nitrogens with zero attached hydrogens (tertiary/aromatic N) is 1. The number of esters is 1. The van der Waals surface area contributed by atoms with Crippen molar-refractivity contribution in [1.29, 1.82) is 0 Å². The summed E-state index contributed by atoms with van der Waals surface area (Å²) in [7, 11) is 0. The molecule has 3 fully saturated rings. The number of amides is 2. The molecule has 0 radical (unpaired) electrons. The van der Waals surface area contributed by atoms with Gasteiger partial charge in [-0.25, -0.2) is 0 Å². The van der Waals surface area contributed by atoms with E-state index in [-0.39, 0.29) is 29.3 Å². The first-order chi connectivity index (χ1) is 11.6. The Kier molecular flexibility index (Phi) is 5.34. The number of hydrogen-bond donors (Lipinski definition) is 2. The molecule has 2 N–H and O–H groups in total. The lowest BCUT2D eigenvalue weighted by molar-refractivity contribution is -0.142. The van der Waals surface area contributed by atoms with E-state index in [1.54, 1.807) is 23.6 Å². The molecule has 0 aliphatic carbocycles. The van der Waals surface area contributed by atoms with Crippen LogP contribution in [0.5, 0.6) is 0 Å². The van der Waals surface area contributed by atoms with Crippen LogP contribution in [0.15, 0.2) is 0 Å². The number of ether oxygens (including phenoxy) is 1. The molecule has 2 atom stereocenters. The Labute approximate surface area is 146 Å². The summed E-state index contributed by atoms with van der Waals surface area (Å²) in [6.07, 6.45) is 2.36. The Morgan fingerprint density at radius 1 is 1.42 bits per heavy atom. The van der Waals surface area contributed by atoms with Crippen molar-refractivity contribution in [2.24, 2.45) is 5.41 Å². The fourth-order valence-corrected chi connectivity index (χ4v) is 5.01. The van der Waals surface area contributed by atoms with Crippen molar-refractivity contribution < 1.29 is 19.1 Å². The Morgan fingerprint density at radius 2 is 2.17 bits per heavy atom. The van der Waals surface area contributed by atoms with E-state index in [0.29, 0.717) is 31.0 Å². The number of thioether (sulfide) groups is 1. The molecule has 0 saturated carbocycles. The molecule has 134 valence electrons. The first-order valence-corrected chi connectivity index (χ1v) is 9.76. The van der Waals surface area contributed by atoms with Crippen molar-refractivity contribution >= 4 is 29.5 Å². The first-order valence-electron chi connectivity index (χ1n) is 8.61. The van der Waals surface area contributed by atoms with E-state index < -0.39 is 6.04 Å². The van der Waals surface area contributed by atoms with E-state index in [0.717, 1.165) is 25.9 Å². The second kappa shape index (κ2) is 7.31. The third-order valence-electron chi connectivity index (χ3n) is 5.32. The van der Waals surface area contributed by atoms with E-state index >= 15 is 0 Å². The van der Waals surface area contributed by atoms with E-state index in [9.17, 15) is 14.4 Å². The summed E-state index contributed by atoms with van der Waals surface area (Å²) in [5.74, 6) is 0.877. The normalized spacial score (nSPS) is 28.9. The quantitative estimate of drug-likeness (QED) is 0.696. The molecule has 8 heteroatoms. The van der Waals surface area contributed by atoms with Gasteiger partial charge in [0.1, 0.15) is 12.1 Å². The van der Waals surface area contributed by atoms with Crippen molar-refractivity contribution in [2.45, 2.75) is 44.8 Å². The molecule has 2 amide bonds. The maximum atomic E-state index is 12.5. The van der Waals surface area contributed by atoms with Gasteiger partial charge in [0.15, 0.2) is 0 Å². The lowest BCUT2D eigenvalue weighted by Gasteiger charge is -2.36. The molecule has 3 saturated heterocycles. The Balaban J connectivity index is 1.59. The molecular weight excluding hydrogens is 330 g/mol. The van der Waals surface area contributed by atoms with Gasteiger partial charge in [0.25, 0.3) is 0 Å². The highest BCUT2D eigenvalue weighted by Crippen LogP contribution is 2.43. The van der Waals surface area contributed by atoms with Gasteiger partial charge in [0.2, 0.25) is 11.8 Å². The van der Waals surface area contributed by atoms with E-state index in [1.807, 2.05) is 0 Å². The Hall–Kier alpha value is -1.28. The van der Waals surface area contributed by atoms with Crippen molar-refractivity contribution in [3.63, 3.8) is 0 Å². The SMILES string of the molecule is CCC(=O)N1CSC[C@H]1C(=O)NCC1OC(=O)CC12CCNCC2. The maximum absolute atomic E-state index is 12.5. The predicted molar refractivity (Wildman–Crippen MR) is 90.3 cm³/mol. The lowest BCUT2D eigenvalue weighted by Crippen LogP contribution is -2.51. The topological polar surface area (TPSA) is 87.7 Å². The van der Waals surface area contributed by atoms with Gasteiger partial charge in [-0.3, -0.25) is 14.4 Å². The summed E-state index contributed by atoms with van der Waals surface area (Å²) in [5.41, 5.74) is -0.154. The van der Waals surface area contributed by atoms with Crippen LogP contribution < -0.4 is 10.6 Å². The van der Waals surface area contributed by atoms with Gasteiger partial charge >= 0.3 is 5.97 Å². The Bertz CT molecular complexity index is 521. The van der Waals surface area contributed by atoms with Gasteiger partial charge in [0.05, 0.1) is 18.8 Å². The van der Waals surface area contributed by atoms with Crippen LogP contribution >= 0.6 is 11.8 Å². The standard InChI is InChI=1S/C16H25N3O4S/c1-2-13(20)19-10-24-9-11(19)15(22)18-8-12-16(7-14(21)23-12)3-5-17-6-4-16/h11-12,17H,2-10H2,1H3,(H,18,22)/t11-,12?/m0/s1. The average Bonchev–Trinajstić information content (AvgIpc) is 3.18.